The van der Waals surface area contributed by atoms with Crippen LogP contribution in [0.1, 0.15) is 25.7 Å². The molecule has 19 heavy (non-hydrogen) atoms. The second-order valence-electron chi connectivity index (χ2n) is 4.95. The molecule has 0 unspecified atom stereocenters. The van der Waals surface area contributed by atoms with Crippen LogP contribution in [0.25, 0.3) is 0 Å². The van der Waals surface area contributed by atoms with Crippen molar-refractivity contribution in [2.24, 2.45) is 0 Å². The Kier molecular flexibility index (Phi) is 6.31. The molecule has 1 fully saturated rings. The van der Waals surface area contributed by atoms with Gasteiger partial charge in [0.2, 0.25) is 0 Å². The molecule has 1 heterocycles. The third-order valence-electron chi connectivity index (χ3n) is 3.36. The highest BCUT2D eigenvalue weighted by molar-refractivity contribution is 8.00. The number of thioether (sulfide) groups is 1. The Morgan fingerprint density at radius 3 is 2.68 bits per heavy atom. The lowest BCUT2D eigenvalue weighted by atomic mass is 10.2. The van der Waals surface area contributed by atoms with Gasteiger partial charge in [-0.05, 0) is 63.0 Å². The van der Waals surface area contributed by atoms with E-state index < -0.39 is 0 Å². The van der Waals surface area contributed by atoms with Crippen LogP contribution in [-0.2, 0) is 0 Å². The molecule has 1 aliphatic rings. The molecule has 1 aromatic carbocycles. The minimum Gasteiger partial charge on any atom is -0.385 e. The minimum atomic E-state index is 0.785. The van der Waals surface area contributed by atoms with Gasteiger partial charge >= 0.3 is 0 Å². The Hall–Kier alpha value is -0.930. The van der Waals surface area contributed by atoms with Gasteiger partial charge in [0.25, 0.3) is 0 Å². The molecule has 0 aromatic heterocycles. The highest BCUT2D eigenvalue weighted by Crippen LogP contribution is 2.29. The molecule has 3 heteroatoms. The Morgan fingerprint density at radius 2 is 2.00 bits per heavy atom. The molecule has 0 radical (unpaired) electrons. The highest BCUT2D eigenvalue weighted by atomic mass is 32.2. The summed E-state index contributed by atoms with van der Waals surface area (Å²) in [6.07, 6.45) is 6.77. The number of hydrogen-bond donors (Lipinski definition) is 2. The molecule has 0 aliphatic carbocycles. The lowest BCUT2D eigenvalue weighted by molar-refractivity contribution is 0.531. The van der Waals surface area contributed by atoms with Gasteiger partial charge in [0.15, 0.2) is 0 Å². The number of hydrogen-bond acceptors (Lipinski definition) is 3. The van der Waals surface area contributed by atoms with Crippen LogP contribution in [0.15, 0.2) is 41.8 Å². The summed E-state index contributed by atoms with van der Waals surface area (Å²) in [5.41, 5.74) is 1.22. The number of nitrogens with one attached hydrogen (secondary N) is 2. The zero-order valence-electron chi connectivity index (χ0n) is 11.5. The number of piperidine rings is 1. The molecule has 1 aromatic rings. The van der Waals surface area contributed by atoms with E-state index in [-0.39, 0.29) is 0 Å². The van der Waals surface area contributed by atoms with Crippen molar-refractivity contribution in [3.05, 3.63) is 36.9 Å². The maximum atomic E-state index is 3.74. The van der Waals surface area contributed by atoms with Crippen molar-refractivity contribution >= 4 is 17.4 Å². The van der Waals surface area contributed by atoms with Crippen LogP contribution < -0.4 is 10.6 Å². The summed E-state index contributed by atoms with van der Waals surface area (Å²) in [6, 6.07) is 8.86. The third kappa shape index (κ3) is 5.29. The van der Waals surface area contributed by atoms with E-state index in [0.29, 0.717) is 0 Å². The fraction of sp³-hybridized carbons (Fsp3) is 0.500. The second-order valence-corrected chi connectivity index (χ2v) is 6.32. The van der Waals surface area contributed by atoms with E-state index in [1.165, 1.54) is 36.5 Å². The Bertz CT molecular complexity index is 369. The predicted octanol–water partition coefficient (Wildman–Crippen LogP) is 3.91. The quantitative estimate of drug-likeness (QED) is 0.583. The predicted molar refractivity (Wildman–Crippen MR) is 86.1 cm³/mol. The molecule has 2 rings (SSSR count). The molecule has 2 nitrogen and oxygen atoms in total. The summed E-state index contributed by atoms with van der Waals surface area (Å²) in [5, 5.41) is 7.64. The van der Waals surface area contributed by atoms with Crippen molar-refractivity contribution in [3.8, 4) is 0 Å². The summed E-state index contributed by atoms with van der Waals surface area (Å²) in [6.45, 7) is 7.09. The van der Waals surface area contributed by atoms with Gasteiger partial charge in [-0.25, -0.2) is 0 Å². The van der Waals surface area contributed by atoms with Crippen molar-refractivity contribution in [1.82, 2.24) is 5.32 Å². The van der Waals surface area contributed by atoms with Crippen LogP contribution in [0.4, 0.5) is 5.69 Å². The number of unbranched alkanes of at least 4 members (excludes halogenated alkanes) is 1. The van der Waals surface area contributed by atoms with E-state index in [0.717, 1.165) is 24.6 Å². The van der Waals surface area contributed by atoms with E-state index in [2.05, 4.69) is 41.5 Å². The first-order valence-corrected chi connectivity index (χ1v) is 8.08. The Morgan fingerprint density at radius 1 is 1.26 bits per heavy atom. The fourth-order valence-electron chi connectivity index (χ4n) is 2.24. The second kappa shape index (κ2) is 8.28. The van der Waals surface area contributed by atoms with Gasteiger partial charge in [0, 0.05) is 22.4 Å². The van der Waals surface area contributed by atoms with Crippen LogP contribution in [0, 0.1) is 0 Å². The van der Waals surface area contributed by atoms with Crippen molar-refractivity contribution in [2.45, 2.75) is 35.8 Å². The van der Waals surface area contributed by atoms with Crippen molar-refractivity contribution in [3.63, 3.8) is 0 Å². The molecular weight excluding hydrogens is 252 g/mol. The zero-order chi connectivity index (χ0) is 13.3. The first-order valence-electron chi connectivity index (χ1n) is 7.20. The maximum absolute atomic E-state index is 3.74. The van der Waals surface area contributed by atoms with E-state index in [1.807, 2.05) is 17.8 Å². The van der Waals surface area contributed by atoms with Crippen LogP contribution in [-0.4, -0.2) is 24.9 Å². The van der Waals surface area contributed by atoms with Crippen molar-refractivity contribution < 1.29 is 0 Å². The Balaban J connectivity index is 1.75. The largest absolute Gasteiger partial charge is 0.385 e. The average molecular weight is 276 g/mol. The minimum absolute atomic E-state index is 0.785. The summed E-state index contributed by atoms with van der Waals surface area (Å²) in [4.78, 5) is 1.39. The van der Waals surface area contributed by atoms with Gasteiger partial charge in [-0.1, -0.05) is 6.08 Å². The Labute approximate surface area is 121 Å². The fourth-order valence-corrected chi connectivity index (χ4v) is 3.39. The number of allylic oxidation sites excluding steroid dienone is 1. The lowest BCUT2D eigenvalue weighted by Crippen LogP contribution is -2.29. The van der Waals surface area contributed by atoms with Crippen LogP contribution in [0.5, 0.6) is 0 Å². The van der Waals surface area contributed by atoms with Crippen LogP contribution in [0.2, 0.25) is 0 Å². The third-order valence-corrected chi connectivity index (χ3v) is 4.71. The monoisotopic (exact) mass is 276 g/mol. The average Bonchev–Trinajstić information content (AvgIpc) is 2.46. The summed E-state index contributed by atoms with van der Waals surface area (Å²) in [7, 11) is 0. The smallest absolute Gasteiger partial charge is 0.0340 e. The molecule has 0 saturated carbocycles. The molecule has 2 N–H and O–H groups in total. The van der Waals surface area contributed by atoms with Crippen molar-refractivity contribution in [1.29, 1.82) is 0 Å². The normalized spacial score (nSPS) is 16.2. The van der Waals surface area contributed by atoms with Gasteiger partial charge in [-0.15, -0.1) is 18.3 Å². The maximum Gasteiger partial charge on any atom is 0.0340 e. The van der Waals surface area contributed by atoms with Crippen LogP contribution >= 0.6 is 11.8 Å². The summed E-state index contributed by atoms with van der Waals surface area (Å²) >= 11 is 2.02. The zero-order valence-corrected chi connectivity index (χ0v) is 12.3. The van der Waals surface area contributed by atoms with E-state index >= 15 is 0 Å². The molecule has 1 aliphatic heterocycles. The highest BCUT2D eigenvalue weighted by Gasteiger charge is 2.13. The van der Waals surface area contributed by atoms with Gasteiger partial charge in [0.1, 0.15) is 0 Å². The topological polar surface area (TPSA) is 24.1 Å². The van der Waals surface area contributed by atoms with Gasteiger partial charge in [-0.2, -0.15) is 0 Å². The van der Waals surface area contributed by atoms with Gasteiger partial charge in [0.05, 0.1) is 0 Å². The number of benzene rings is 1. The van der Waals surface area contributed by atoms with Crippen LogP contribution in [0.3, 0.4) is 0 Å². The van der Waals surface area contributed by atoms with E-state index in [4.69, 9.17) is 0 Å². The first-order chi connectivity index (χ1) is 9.38. The molecule has 0 atom stereocenters. The van der Waals surface area contributed by atoms with Gasteiger partial charge < -0.3 is 10.6 Å². The molecule has 104 valence electrons. The van der Waals surface area contributed by atoms with Crippen molar-refractivity contribution in [2.75, 3.05) is 25.0 Å². The molecule has 0 spiro atoms. The van der Waals surface area contributed by atoms with E-state index in [9.17, 15) is 0 Å². The molecule has 1 saturated heterocycles. The first kappa shape index (κ1) is 14.5. The standard InChI is InChI=1S/C16H24N2S/c1-2-3-4-11-18-14-5-7-15(8-6-14)19-16-9-12-17-13-10-16/h2,5-8,16-18H,1,3-4,9-13H2. The lowest BCUT2D eigenvalue weighted by Gasteiger charge is -2.22. The summed E-state index contributed by atoms with van der Waals surface area (Å²) in [5.74, 6) is 0. The van der Waals surface area contributed by atoms with Gasteiger partial charge in [-0.3, -0.25) is 0 Å². The number of anilines is 1. The molecule has 0 bridgehead atoms. The molecule has 0 amide bonds. The van der Waals surface area contributed by atoms with E-state index in [1.54, 1.807) is 0 Å². The number of rotatable bonds is 7. The molecular formula is C16H24N2S. The SMILES string of the molecule is C=CCCCNc1ccc(SC2CCNCC2)cc1. The summed E-state index contributed by atoms with van der Waals surface area (Å²) < 4.78 is 0.